The average molecular weight is 593 g/mol. The highest BCUT2D eigenvalue weighted by molar-refractivity contribution is 7.26. The SMILES string of the molecule is c1ccc(-n2c3ccccc3c3c4c5cccc(-c6ncnc7c6sc6ccccc67)c5n(-c5ccccc5)c4ccc32)cc1. The van der Waals surface area contributed by atoms with Gasteiger partial charge in [0.05, 0.1) is 38.0 Å². The normalized spacial score (nSPS) is 12.0. The largest absolute Gasteiger partial charge is 0.309 e. The van der Waals surface area contributed by atoms with Gasteiger partial charge in [0.25, 0.3) is 0 Å². The molecule has 4 aromatic heterocycles. The molecule has 10 aromatic rings. The second-order valence-corrected chi connectivity index (χ2v) is 12.5. The van der Waals surface area contributed by atoms with Gasteiger partial charge in [0.2, 0.25) is 0 Å². The lowest BCUT2D eigenvalue weighted by molar-refractivity contribution is 1.17. The van der Waals surface area contributed by atoms with Crippen LogP contribution in [0.4, 0.5) is 0 Å². The minimum absolute atomic E-state index is 0.967. The number of nitrogens with zero attached hydrogens (tertiary/aromatic N) is 4. The highest BCUT2D eigenvalue weighted by Gasteiger charge is 2.23. The Hall–Kier alpha value is -5.78. The van der Waals surface area contributed by atoms with E-state index in [0.29, 0.717) is 0 Å². The van der Waals surface area contributed by atoms with Crippen LogP contribution in [0, 0.1) is 0 Å². The number of fused-ring (bicyclic) bond motifs is 10. The number of hydrogen-bond acceptors (Lipinski definition) is 3. The van der Waals surface area contributed by atoms with Crippen molar-refractivity contribution in [1.82, 2.24) is 19.1 Å². The van der Waals surface area contributed by atoms with E-state index < -0.39 is 0 Å². The molecule has 0 spiro atoms. The van der Waals surface area contributed by atoms with Crippen molar-refractivity contribution >= 4 is 75.3 Å². The first-order valence-corrected chi connectivity index (χ1v) is 15.9. The van der Waals surface area contributed by atoms with E-state index in [1.54, 1.807) is 17.7 Å². The van der Waals surface area contributed by atoms with Gasteiger partial charge in [0.1, 0.15) is 6.33 Å². The molecule has 6 aromatic carbocycles. The third-order valence-corrected chi connectivity index (χ3v) is 10.2. The minimum Gasteiger partial charge on any atom is -0.309 e. The molecule has 0 amide bonds. The Morgan fingerprint density at radius 2 is 1.09 bits per heavy atom. The molecule has 10 rings (SSSR count). The maximum atomic E-state index is 4.97. The third kappa shape index (κ3) is 3.41. The maximum Gasteiger partial charge on any atom is 0.116 e. The Balaban J connectivity index is 1.41. The summed E-state index contributed by atoms with van der Waals surface area (Å²) in [4.78, 5) is 9.72. The predicted molar refractivity (Wildman–Crippen MR) is 189 cm³/mol. The van der Waals surface area contributed by atoms with Gasteiger partial charge in [-0.1, -0.05) is 91.0 Å². The van der Waals surface area contributed by atoms with Crippen LogP contribution in [-0.2, 0) is 0 Å². The molecule has 45 heavy (non-hydrogen) atoms. The first-order valence-electron chi connectivity index (χ1n) is 15.1. The van der Waals surface area contributed by atoms with Gasteiger partial charge in [-0.2, -0.15) is 0 Å². The first kappa shape index (κ1) is 24.6. The molecule has 4 nitrogen and oxygen atoms in total. The monoisotopic (exact) mass is 592 g/mol. The zero-order valence-corrected chi connectivity index (χ0v) is 24.9. The van der Waals surface area contributed by atoms with Crippen LogP contribution >= 0.6 is 11.3 Å². The number of thiophene rings is 1. The van der Waals surface area contributed by atoms with E-state index in [1.165, 1.54) is 48.2 Å². The van der Waals surface area contributed by atoms with Crippen molar-refractivity contribution in [2.75, 3.05) is 0 Å². The van der Waals surface area contributed by atoms with Crippen LogP contribution in [0.15, 0.2) is 146 Å². The zero-order chi connectivity index (χ0) is 29.5. The van der Waals surface area contributed by atoms with E-state index in [9.17, 15) is 0 Å². The molecule has 0 N–H and O–H groups in total. The van der Waals surface area contributed by atoms with Gasteiger partial charge in [0.15, 0.2) is 0 Å². The summed E-state index contributed by atoms with van der Waals surface area (Å²) in [6.45, 7) is 0. The summed E-state index contributed by atoms with van der Waals surface area (Å²) in [7, 11) is 0. The topological polar surface area (TPSA) is 35.6 Å². The Labute approximate surface area is 262 Å². The van der Waals surface area contributed by atoms with E-state index in [1.807, 2.05) is 0 Å². The van der Waals surface area contributed by atoms with Crippen LogP contribution in [0.5, 0.6) is 0 Å². The summed E-state index contributed by atoms with van der Waals surface area (Å²) in [5.41, 5.74) is 10.1. The van der Waals surface area contributed by atoms with Gasteiger partial charge in [0, 0.05) is 48.6 Å². The Morgan fingerprint density at radius 3 is 1.89 bits per heavy atom. The molecule has 0 bridgehead atoms. The number of benzene rings is 6. The highest BCUT2D eigenvalue weighted by Crippen LogP contribution is 2.46. The van der Waals surface area contributed by atoms with Crippen LogP contribution in [0.25, 0.3) is 86.5 Å². The molecular formula is C40H24N4S. The molecule has 4 heterocycles. The van der Waals surface area contributed by atoms with Crippen LogP contribution in [0.3, 0.4) is 0 Å². The molecule has 0 aliphatic rings. The summed E-state index contributed by atoms with van der Waals surface area (Å²) in [6.07, 6.45) is 1.72. The summed E-state index contributed by atoms with van der Waals surface area (Å²) in [5, 5.41) is 6.14. The molecule has 0 radical (unpaired) electrons. The lowest BCUT2D eigenvalue weighted by Gasteiger charge is -2.11. The quantitative estimate of drug-likeness (QED) is 0.205. The van der Waals surface area contributed by atoms with E-state index in [4.69, 9.17) is 9.97 Å². The van der Waals surface area contributed by atoms with E-state index in [-0.39, 0.29) is 0 Å². The van der Waals surface area contributed by atoms with Gasteiger partial charge in [-0.3, -0.25) is 0 Å². The number of hydrogen-bond donors (Lipinski definition) is 0. The zero-order valence-electron chi connectivity index (χ0n) is 24.1. The van der Waals surface area contributed by atoms with E-state index in [0.717, 1.165) is 38.4 Å². The molecule has 0 saturated carbocycles. The average Bonchev–Trinajstić information content (AvgIpc) is 3.76. The van der Waals surface area contributed by atoms with Crippen molar-refractivity contribution < 1.29 is 0 Å². The molecule has 5 heteroatoms. The molecular weight excluding hydrogens is 569 g/mol. The van der Waals surface area contributed by atoms with Crippen molar-refractivity contribution in [3.8, 4) is 22.6 Å². The van der Waals surface area contributed by atoms with E-state index in [2.05, 4.69) is 149 Å². The molecule has 0 unspecified atom stereocenters. The van der Waals surface area contributed by atoms with Crippen LogP contribution in [0.2, 0.25) is 0 Å². The molecule has 0 aliphatic carbocycles. The Morgan fingerprint density at radius 1 is 0.467 bits per heavy atom. The minimum atomic E-state index is 0.967. The summed E-state index contributed by atoms with van der Waals surface area (Å²) in [6, 6.07) is 49.9. The molecule has 0 aliphatic heterocycles. The van der Waals surface area contributed by atoms with Crippen molar-refractivity contribution in [2.45, 2.75) is 0 Å². The second-order valence-electron chi connectivity index (χ2n) is 11.4. The Kier molecular flexibility index (Phi) is 5.12. The number of para-hydroxylation sites is 4. The molecule has 0 fully saturated rings. The molecule has 0 saturated heterocycles. The van der Waals surface area contributed by atoms with Gasteiger partial charge in [-0.15, -0.1) is 11.3 Å². The van der Waals surface area contributed by atoms with Gasteiger partial charge < -0.3 is 9.13 Å². The van der Waals surface area contributed by atoms with Gasteiger partial charge >= 0.3 is 0 Å². The fourth-order valence-electron chi connectivity index (χ4n) is 7.22. The molecule has 210 valence electrons. The number of aromatic nitrogens is 4. The summed E-state index contributed by atoms with van der Waals surface area (Å²) in [5.74, 6) is 0. The predicted octanol–water partition coefficient (Wildman–Crippen LogP) is 10.7. The fraction of sp³-hybridized carbons (Fsp3) is 0. The van der Waals surface area contributed by atoms with Crippen molar-refractivity contribution in [2.24, 2.45) is 0 Å². The lowest BCUT2D eigenvalue weighted by Crippen LogP contribution is -1.96. The second kappa shape index (κ2) is 9.36. The fourth-order valence-corrected chi connectivity index (χ4v) is 8.38. The van der Waals surface area contributed by atoms with Crippen LogP contribution in [-0.4, -0.2) is 19.1 Å². The van der Waals surface area contributed by atoms with E-state index >= 15 is 0 Å². The maximum absolute atomic E-state index is 4.97. The van der Waals surface area contributed by atoms with Crippen molar-refractivity contribution in [1.29, 1.82) is 0 Å². The molecule has 0 atom stereocenters. The summed E-state index contributed by atoms with van der Waals surface area (Å²) >= 11 is 1.77. The van der Waals surface area contributed by atoms with Crippen molar-refractivity contribution in [3.05, 3.63) is 146 Å². The number of rotatable bonds is 3. The van der Waals surface area contributed by atoms with Gasteiger partial charge in [-0.25, -0.2) is 9.97 Å². The van der Waals surface area contributed by atoms with Crippen molar-refractivity contribution in [3.63, 3.8) is 0 Å². The highest BCUT2D eigenvalue weighted by atomic mass is 32.1. The summed E-state index contributed by atoms with van der Waals surface area (Å²) < 4.78 is 7.16. The third-order valence-electron chi connectivity index (χ3n) is 9.03. The first-order chi connectivity index (χ1) is 22.4. The Bertz CT molecular complexity index is 2750. The standard InChI is InChI=1S/C40H24N4S/c1-3-12-25(13-4-1)43-31-20-9-7-16-27(31)35-32(43)22-23-33-36(35)29-18-11-19-30(39(29)44(33)26-14-5-2-6-15-26)38-40-37(41-24-42-38)28-17-8-10-21-34(28)45-40/h1-24H. The van der Waals surface area contributed by atoms with Crippen LogP contribution < -0.4 is 0 Å². The van der Waals surface area contributed by atoms with Crippen LogP contribution in [0.1, 0.15) is 0 Å². The smallest absolute Gasteiger partial charge is 0.116 e. The lowest BCUT2D eigenvalue weighted by atomic mass is 10.0. The van der Waals surface area contributed by atoms with Gasteiger partial charge in [-0.05, 0) is 48.5 Å².